The summed E-state index contributed by atoms with van der Waals surface area (Å²) in [6, 6.07) is 22.7. The molecule has 3 aromatic carbocycles. The van der Waals surface area contributed by atoms with Gasteiger partial charge in [0.1, 0.15) is 6.54 Å². The summed E-state index contributed by atoms with van der Waals surface area (Å²) in [4.78, 5) is 14.7. The summed E-state index contributed by atoms with van der Waals surface area (Å²) in [6.07, 6.45) is 1.52. The first kappa shape index (κ1) is 23.0. The van der Waals surface area contributed by atoms with Gasteiger partial charge in [0.2, 0.25) is 0 Å². The number of amides is 1. The Hall–Kier alpha value is -3.65. The molecule has 0 aliphatic heterocycles. The van der Waals surface area contributed by atoms with E-state index in [-0.39, 0.29) is 4.90 Å². The van der Waals surface area contributed by atoms with Crippen LogP contribution in [0.25, 0.3) is 0 Å². The second-order valence-electron chi connectivity index (χ2n) is 7.39. The quantitative estimate of drug-likeness (QED) is 0.421. The van der Waals surface area contributed by atoms with Gasteiger partial charge in [0.25, 0.3) is 15.9 Å². The molecule has 1 N–H and O–H groups in total. The summed E-state index contributed by atoms with van der Waals surface area (Å²) in [5.74, 6) is -0.547. The predicted octanol–water partition coefficient (Wildman–Crippen LogP) is 3.41. The van der Waals surface area contributed by atoms with Crippen LogP contribution >= 0.6 is 0 Å². The lowest BCUT2D eigenvalue weighted by Crippen LogP contribution is -2.40. The predicted molar refractivity (Wildman–Crippen MR) is 129 cm³/mol. The van der Waals surface area contributed by atoms with Gasteiger partial charge in [-0.15, -0.1) is 0 Å². The summed E-state index contributed by atoms with van der Waals surface area (Å²) in [6.45, 7) is 1.40. The SMILES string of the molecule is Cc1ccccc1N(CC(=O)N/N=C\c1ccc(N(C)C)cc1)S(=O)(=O)c1ccccc1. The van der Waals surface area contributed by atoms with Crippen molar-refractivity contribution in [1.29, 1.82) is 0 Å². The molecule has 3 aromatic rings. The molecule has 1 amide bonds. The zero-order valence-corrected chi connectivity index (χ0v) is 19.1. The number of anilines is 2. The maximum atomic E-state index is 13.3. The van der Waals surface area contributed by atoms with E-state index >= 15 is 0 Å². The highest BCUT2D eigenvalue weighted by Gasteiger charge is 2.27. The van der Waals surface area contributed by atoms with Crippen LogP contribution in [0.2, 0.25) is 0 Å². The topological polar surface area (TPSA) is 82.1 Å². The third-order valence-electron chi connectivity index (χ3n) is 4.81. The molecule has 0 unspecified atom stereocenters. The average molecular weight is 451 g/mol. The number of hydrogen-bond donors (Lipinski definition) is 1. The number of para-hydroxylation sites is 1. The molecule has 0 atom stereocenters. The van der Waals surface area contributed by atoms with Gasteiger partial charge in [-0.2, -0.15) is 5.10 Å². The van der Waals surface area contributed by atoms with Gasteiger partial charge in [-0.25, -0.2) is 13.8 Å². The molecule has 3 rings (SSSR count). The minimum atomic E-state index is -3.95. The Bertz CT molecular complexity index is 1190. The molecule has 8 heteroatoms. The van der Waals surface area contributed by atoms with Crippen LogP contribution in [0.1, 0.15) is 11.1 Å². The number of nitrogens with zero attached hydrogens (tertiary/aromatic N) is 3. The van der Waals surface area contributed by atoms with Crippen molar-refractivity contribution in [1.82, 2.24) is 5.43 Å². The molecule has 0 aliphatic rings. The first-order chi connectivity index (χ1) is 15.3. The molecular weight excluding hydrogens is 424 g/mol. The van der Waals surface area contributed by atoms with Crippen LogP contribution in [0.3, 0.4) is 0 Å². The maximum absolute atomic E-state index is 13.3. The Kier molecular flexibility index (Phi) is 7.27. The molecule has 0 spiro atoms. The number of sulfonamides is 1. The van der Waals surface area contributed by atoms with Crippen molar-refractivity contribution >= 4 is 33.5 Å². The third kappa shape index (κ3) is 5.53. The number of nitrogens with one attached hydrogen (secondary N) is 1. The maximum Gasteiger partial charge on any atom is 0.264 e. The largest absolute Gasteiger partial charge is 0.378 e. The van der Waals surface area contributed by atoms with E-state index < -0.39 is 22.5 Å². The van der Waals surface area contributed by atoms with E-state index in [0.29, 0.717) is 5.69 Å². The van der Waals surface area contributed by atoms with Gasteiger partial charge in [-0.1, -0.05) is 48.5 Å². The third-order valence-corrected chi connectivity index (χ3v) is 6.59. The standard InChI is InChI=1S/C24H26N4O3S/c1-19-9-7-8-12-23(19)28(32(30,31)22-10-5-4-6-11-22)18-24(29)26-25-17-20-13-15-21(16-14-20)27(2)3/h4-17H,18H2,1-3H3,(H,26,29)/b25-17-. The van der Waals surface area contributed by atoms with Crippen LogP contribution in [0, 0.1) is 6.92 Å². The summed E-state index contributed by atoms with van der Waals surface area (Å²) in [5.41, 5.74) is 5.46. The van der Waals surface area contributed by atoms with E-state index in [1.54, 1.807) is 43.3 Å². The smallest absolute Gasteiger partial charge is 0.264 e. The summed E-state index contributed by atoms with van der Waals surface area (Å²) >= 11 is 0. The van der Waals surface area contributed by atoms with E-state index in [1.165, 1.54) is 18.3 Å². The Labute approximate surface area is 189 Å². The molecule has 32 heavy (non-hydrogen) atoms. The molecule has 0 heterocycles. The number of hydrazone groups is 1. The van der Waals surface area contributed by atoms with Crippen LogP contribution in [-0.2, 0) is 14.8 Å². The van der Waals surface area contributed by atoms with Crippen molar-refractivity contribution in [3.05, 3.63) is 90.0 Å². The van der Waals surface area contributed by atoms with Gasteiger partial charge in [-0.05, 0) is 48.4 Å². The minimum Gasteiger partial charge on any atom is -0.378 e. The molecule has 0 saturated heterocycles. The first-order valence-corrected chi connectivity index (χ1v) is 11.5. The molecule has 7 nitrogen and oxygen atoms in total. The minimum absolute atomic E-state index is 0.112. The van der Waals surface area contributed by atoms with Crippen molar-refractivity contribution in [2.45, 2.75) is 11.8 Å². The van der Waals surface area contributed by atoms with Gasteiger partial charge in [0.05, 0.1) is 16.8 Å². The molecule has 0 aromatic heterocycles. The highest BCUT2D eigenvalue weighted by atomic mass is 32.2. The molecule has 0 bridgehead atoms. The van der Waals surface area contributed by atoms with Crippen LogP contribution in [0.4, 0.5) is 11.4 Å². The van der Waals surface area contributed by atoms with Crippen molar-refractivity contribution < 1.29 is 13.2 Å². The van der Waals surface area contributed by atoms with Crippen molar-refractivity contribution in [2.24, 2.45) is 5.10 Å². The fraction of sp³-hybridized carbons (Fsp3) is 0.167. The summed E-state index contributed by atoms with van der Waals surface area (Å²) in [5, 5.41) is 3.98. The van der Waals surface area contributed by atoms with Crippen LogP contribution in [0.15, 0.2) is 88.9 Å². The Morgan fingerprint density at radius 2 is 1.56 bits per heavy atom. The lowest BCUT2D eigenvalue weighted by Gasteiger charge is -2.25. The second kappa shape index (κ2) is 10.1. The Morgan fingerprint density at radius 1 is 0.938 bits per heavy atom. The highest BCUT2D eigenvalue weighted by molar-refractivity contribution is 7.92. The van der Waals surface area contributed by atoms with Gasteiger partial charge in [0, 0.05) is 19.8 Å². The highest BCUT2D eigenvalue weighted by Crippen LogP contribution is 2.26. The van der Waals surface area contributed by atoms with Gasteiger partial charge < -0.3 is 4.90 Å². The second-order valence-corrected chi connectivity index (χ2v) is 9.25. The molecular formula is C24H26N4O3S. The van der Waals surface area contributed by atoms with Crippen LogP contribution in [0.5, 0.6) is 0 Å². The number of hydrogen-bond acceptors (Lipinski definition) is 5. The van der Waals surface area contributed by atoms with E-state index in [1.807, 2.05) is 49.3 Å². The van der Waals surface area contributed by atoms with Crippen molar-refractivity contribution in [2.75, 3.05) is 29.8 Å². The van der Waals surface area contributed by atoms with Crippen molar-refractivity contribution in [3.63, 3.8) is 0 Å². The molecule has 0 radical (unpaired) electrons. The van der Waals surface area contributed by atoms with E-state index in [2.05, 4.69) is 10.5 Å². The Balaban J connectivity index is 1.79. The fourth-order valence-corrected chi connectivity index (χ4v) is 4.57. The normalized spacial score (nSPS) is 11.3. The van der Waals surface area contributed by atoms with E-state index in [0.717, 1.165) is 21.1 Å². The summed E-state index contributed by atoms with van der Waals surface area (Å²) < 4.78 is 27.7. The molecule has 166 valence electrons. The zero-order valence-electron chi connectivity index (χ0n) is 18.3. The molecule has 0 fully saturated rings. The monoisotopic (exact) mass is 450 g/mol. The Morgan fingerprint density at radius 3 is 2.19 bits per heavy atom. The first-order valence-electron chi connectivity index (χ1n) is 10.0. The lowest BCUT2D eigenvalue weighted by atomic mass is 10.2. The fourth-order valence-electron chi connectivity index (χ4n) is 3.07. The summed E-state index contributed by atoms with van der Waals surface area (Å²) in [7, 11) is -0.0430. The van der Waals surface area contributed by atoms with Crippen LogP contribution in [-0.4, -0.2) is 41.2 Å². The number of benzene rings is 3. The number of aryl methyl sites for hydroxylation is 1. The molecule has 0 aliphatic carbocycles. The average Bonchev–Trinajstić information content (AvgIpc) is 2.79. The van der Waals surface area contributed by atoms with Gasteiger partial charge in [-0.3, -0.25) is 9.10 Å². The van der Waals surface area contributed by atoms with E-state index in [9.17, 15) is 13.2 Å². The number of carbonyl (C=O) groups is 1. The van der Waals surface area contributed by atoms with Gasteiger partial charge >= 0.3 is 0 Å². The van der Waals surface area contributed by atoms with Crippen LogP contribution < -0.4 is 14.6 Å². The lowest BCUT2D eigenvalue weighted by molar-refractivity contribution is -0.119. The number of rotatable bonds is 8. The van der Waals surface area contributed by atoms with E-state index in [4.69, 9.17) is 0 Å². The number of carbonyl (C=O) groups excluding carboxylic acids is 1. The zero-order chi connectivity index (χ0) is 23.1. The van der Waals surface area contributed by atoms with Gasteiger partial charge in [0.15, 0.2) is 0 Å². The molecule has 0 saturated carbocycles. The van der Waals surface area contributed by atoms with Crippen molar-refractivity contribution in [3.8, 4) is 0 Å².